The molecule has 0 N–H and O–H groups in total. The number of hydrogen-bond donors (Lipinski definition) is 0. The Labute approximate surface area is 133 Å². The minimum Gasteiger partial charge on any atom is -0.477 e. The predicted octanol–water partition coefficient (Wildman–Crippen LogP) is 3.48. The smallest absolute Gasteiger partial charge is 0.410 e. The van der Waals surface area contributed by atoms with Crippen LogP contribution in [0.15, 0.2) is 22.8 Å². The summed E-state index contributed by atoms with van der Waals surface area (Å²) in [5.74, 6) is 1.08. The van der Waals surface area contributed by atoms with Crippen molar-refractivity contribution in [2.45, 2.75) is 32.8 Å². The minimum absolute atomic E-state index is 0.0684. The minimum atomic E-state index is -0.210. The van der Waals surface area contributed by atoms with Crippen LogP contribution >= 0.6 is 15.9 Å². The van der Waals surface area contributed by atoms with E-state index < -0.39 is 0 Å². The van der Waals surface area contributed by atoms with Gasteiger partial charge in [0.1, 0.15) is 0 Å². The van der Waals surface area contributed by atoms with E-state index in [1.54, 1.807) is 11.1 Å². The first-order chi connectivity index (χ1) is 10.0. The molecule has 2 rings (SSSR count). The largest absolute Gasteiger partial charge is 0.477 e. The third-order valence-corrected chi connectivity index (χ3v) is 3.87. The number of halogens is 1. The second kappa shape index (κ2) is 7.64. The Kier molecular flexibility index (Phi) is 5.85. The average molecular weight is 357 g/mol. The lowest BCUT2D eigenvalue weighted by molar-refractivity contribution is 0.0606. The Bertz CT molecular complexity index is 474. The van der Waals surface area contributed by atoms with Crippen molar-refractivity contribution in [2.75, 3.05) is 19.7 Å². The second-order valence-electron chi connectivity index (χ2n) is 5.49. The average Bonchev–Trinajstić information content (AvgIpc) is 2.45. The number of aromatic nitrogens is 1. The highest BCUT2D eigenvalue weighted by molar-refractivity contribution is 9.10. The van der Waals surface area contributed by atoms with Crippen LogP contribution in [0, 0.1) is 5.92 Å². The number of amides is 1. The van der Waals surface area contributed by atoms with Gasteiger partial charge in [0.05, 0.1) is 12.7 Å². The van der Waals surface area contributed by atoms with E-state index in [1.165, 1.54) is 0 Å². The molecule has 0 aromatic carbocycles. The second-order valence-corrected chi connectivity index (χ2v) is 6.40. The number of carbonyl (C=O) groups excluding carboxylic acids is 1. The van der Waals surface area contributed by atoms with E-state index >= 15 is 0 Å². The summed E-state index contributed by atoms with van der Waals surface area (Å²) in [5, 5.41) is 0. The van der Waals surface area contributed by atoms with Gasteiger partial charge in [0.15, 0.2) is 0 Å². The highest BCUT2D eigenvalue weighted by Crippen LogP contribution is 2.20. The molecule has 0 atom stereocenters. The molecule has 0 unspecified atom stereocenters. The molecular formula is C15H21BrN2O3. The number of ether oxygens (including phenoxy) is 2. The van der Waals surface area contributed by atoms with Gasteiger partial charge in [0.25, 0.3) is 0 Å². The molecule has 21 heavy (non-hydrogen) atoms. The van der Waals surface area contributed by atoms with Crippen LogP contribution < -0.4 is 4.74 Å². The van der Waals surface area contributed by atoms with Gasteiger partial charge in [-0.2, -0.15) is 0 Å². The van der Waals surface area contributed by atoms with Crippen LogP contribution in [0.5, 0.6) is 5.88 Å². The first-order valence-electron chi connectivity index (χ1n) is 7.24. The molecular weight excluding hydrogens is 336 g/mol. The zero-order chi connectivity index (χ0) is 15.2. The Morgan fingerprint density at radius 2 is 2.19 bits per heavy atom. The number of pyridine rings is 1. The number of nitrogens with zero attached hydrogens (tertiary/aromatic N) is 2. The summed E-state index contributed by atoms with van der Waals surface area (Å²) in [7, 11) is 0. The number of rotatable bonds is 4. The van der Waals surface area contributed by atoms with E-state index in [0.717, 1.165) is 30.4 Å². The molecule has 0 aliphatic carbocycles. The lowest BCUT2D eigenvalue weighted by atomic mass is 9.98. The maximum absolute atomic E-state index is 11.8. The maximum atomic E-state index is 11.8. The van der Waals surface area contributed by atoms with Crippen LogP contribution in [0.4, 0.5) is 4.79 Å². The van der Waals surface area contributed by atoms with Gasteiger partial charge in [-0.05, 0) is 38.7 Å². The third-order valence-electron chi connectivity index (χ3n) is 3.37. The quantitative estimate of drug-likeness (QED) is 0.828. The molecule has 116 valence electrons. The molecule has 1 saturated heterocycles. The van der Waals surface area contributed by atoms with Crippen LogP contribution in [-0.2, 0) is 4.74 Å². The molecule has 0 radical (unpaired) electrons. The topological polar surface area (TPSA) is 51.7 Å². The first kappa shape index (κ1) is 16.1. The van der Waals surface area contributed by atoms with Crippen molar-refractivity contribution in [1.82, 2.24) is 9.88 Å². The lowest BCUT2D eigenvalue weighted by Crippen LogP contribution is -2.40. The fraction of sp³-hybridized carbons (Fsp3) is 0.600. The summed E-state index contributed by atoms with van der Waals surface area (Å²) in [5.41, 5.74) is 0. The van der Waals surface area contributed by atoms with Crippen molar-refractivity contribution in [2.24, 2.45) is 5.92 Å². The summed E-state index contributed by atoms with van der Waals surface area (Å²) in [6, 6.07) is 3.72. The molecule has 0 saturated carbocycles. The Hall–Kier alpha value is -1.30. The van der Waals surface area contributed by atoms with Crippen molar-refractivity contribution in [1.29, 1.82) is 0 Å². The van der Waals surface area contributed by atoms with Crippen molar-refractivity contribution >= 4 is 22.0 Å². The van der Waals surface area contributed by atoms with Crippen LogP contribution in [-0.4, -0.2) is 41.8 Å². The van der Waals surface area contributed by atoms with E-state index in [0.29, 0.717) is 18.4 Å². The van der Waals surface area contributed by atoms with Crippen molar-refractivity contribution < 1.29 is 14.3 Å². The number of likely N-dealkylation sites (tertiary alicyclic amines) is 1. The molecule has 1 aromatic rings. The highest BCUT2D eigenvalue weighted by Gasteiger charge is 2.24. The van der Waals surface area contributed by atoms with Gasteiger partial charge in [-0.3, -0.25) is 0 Å². The molecule has 0 spiro atoms. The fourth-order valence-corrected chi connectivity index (χ4v) is 2.54. The highest BCUT2D eigenvalue weighted by atomic mass is 79.9. The van der Waals surface area contributed by atoms with Gasteiger partial charge >= 0.3 is 6.09 Å². The van der Waals surface area contributed by atoms with Gasteiger partial charge in [-0.15, -0.1) is 0 Å². The summed E-state index contributed by atoms with van der Waals surface area (Å²) < 4.78 is 11.9. The molecule has 5 nitrogen and oxygen atoms in total. The van der Waals surface area contributed by atoms with Crippen molar-refractivity contribution in [3.05, 3.63) is 22.8 Å². The number of hydrogen-bond acceptors (Lipinski definition) is 4. The molecule has 1 fully saturated rings. The van der Waals surface area contributed by atoms with Gasteiger partial charge in [0, 0.05) is 29.8 Å². The maximum Gasteiger partial charge on any atom is 0.410 e. The predicted molar refractivity (Wildman–Crippen MR) is 83.3 cm³/mol. The lowest BCUT2D eigenvalue weighted by Gasteiger charge is -2.31. The standard InChI is InChI=1S/C15H21BrN2O3/c1-11(2)21-15(19)18-7-4-12(5-8-18)10-20-14-9-13(16)3-6-17-14/h3,6,9,11-12H,4-5,7-8,10H2,1-2H3. The molecule has 1 aliphatic heterocycles. The summed E-state index contributed by atoms with van der Waals surface area (Å²) >= 11 is 3.39. The number of piperidine rings is 1. The summed E-state index contributed by atoms with van der Waals surface area (Å²) in [4.78, 5) is 17.7. The van der Waals surface area contributed by atoms with E-state index in [-0.39, 0.29) is 12.2 Å². The fourth-order valence-electron chi connectivity index (χ4n) is 2.23. The monoisotopic (exact) mass is 356 g/mol. The van der Waals surface area contributed by atoms with Crippen molar-refractivity contribution in [3.63, 3.8) is 0 Å². The van der Waals surface area contributed by atoms with Gasteiger partial charge < -0.3 is 14.4 Å². The van der Waals surface area contributed by atoms with E-state index in [9.17, 15) is 4.79 Å². The van der Waals surface area contributed by atoms with E-state index in [4.69, 9.17) is 9.47 Å². The van der Waals surface area contributed by atoms with Gasteiger partial charge in [-0.25, -0.2) is 9.78 Å². The molecule has 1 aliphatic rings. The molecule has 1 aromatic heterocycles. The molecule has 6 heteroatoms. The summed E-state index contributed by atoms with van der Waals surface area (Å²) in [6.45, 7) is 5.82. The Morgan fingerprint density at radius 3 is 2.81 bits per heavy atom. The zero-order valence-electron chi connectivity index (χ0n) is 12.4. The SMILES string of the molecule is CC(C)OC(=O)N1CCC(COc2cc(Br)ccn2)CC1. The van der Waals surface area contributed by atoms with Crippen LogP contribution in [0.25, 0.3) is 0 Å². The zero-order valence-corrected chi connectivity index (χ0v) is 14.0. The van der Waals surface area contributed by atoms with E-state index in [1.807, 2.05) is 26.0 Å². The van der Waals surface area contributed by atoms with Crippen LogP contribution in [0.3, 0.4) is 0 Å². The third kappa shape index (κ3) is 5.19. The van der Waals surface area contributed by atoms with Crippen molar-refractivity contribution in [3.8, 4) is 5.88 Å². The van der Waals surface area contributed by atoms with Gasteiger partial charge in [-0.1, -0.05) is 15.9 Å². The molecule has 2 heterocycles. The first-order valence-corrected chi connectivity index (χ1v) is 8.04. The number of carbonyl (C=O) groups is 1. The van der Waals surface area contributed by atoms with E-state index in [2.05, 4.69) is 20.9 Å². The molecule has 1 amide bonds. The Morgan fingerprint density at radius 1 is 1.48 bits per heavy atom. The van der Waals surface area contributed by atoms with Crippen LogP contribution in [0.2, 0.25) is 0 Å². The normalized spacial score (nSPS) is 16.1. The Balaban J connectivity index is 1.73. The van der Waals surface area contributed by atoms with Crippen LogP contribution in [0.1, 0.15) is 26.7 Å². The molecule has 0 bridgehead atoms. The summed E-state index contributed by atoms with van der Waals surface area (Å²) in [6.07, 6.45) is 3.30. The van der Waals surface area contributed by atoms with Gasteiger partial charge in [0.2, 0.25) is 5.88 Å².